The van der Waals surface area contributed by atoms with Crippen molar-refractivity contribution in [1.29, 1.82) is 0 Å². The first kappa shape index (κ1) is 16.5. The highest BCUT2D eigenvalue weighted by molar-refractivity contribution is 7.93. The lowest BCUT2D eigenvalue weighted by Crippen LogP contribution is -2.70. The summed E-state index contributed by atoms with van der Waals surface area (Å²) < 4.78 is 38.1. The third-order valence-corrected chi connectivity index (χ3v) is 8.16. The largest absolute Gasteiger partial charge is 0.294 e. The number of hydrogen-bond donors (Lipinski definition) is 0. The molecule has 0 unspecified atom stereocenters. The van der Waals surface area contributed by atoms with Gasteiger partial charge in [-0.25, -0.2) is 12.8 Å². The number of ketones is 1. The summed E-state index contributed by atoms with van der Waals surface area (Å²) in [5.74, 6) is -0.411. The summed E-state index contributed by atoms with van der Waals surface area (Å²) in [6.45, 7) is 1.92. The van der Waals surface area contributed by atoms with Crippen molar-refractivity contribution in [3.8, 4) is 0 Å². The number of hydrogen-bond acceptors (Lipinski definition) is 3. The van der Waals surface area contributed by atoms with Gasteiger partial charge < -0.3 is 0 Å². The van der Waals surface area contributed by atoms with Gasteiger partial charge in [-0.1, -0.05) is 17.7 Å². The van der Waals surface area contributed by atoms with Crippen LogP contribution < -0.4 is 0 Å². The molecule has 0 amide bonds. The number of carbonyl (C=O) groups excluding carboxylic acids is 1. The van der Waals surface area contributed by atoms with E-state index in [4.69, 9.17) is 0 Å². The Morgan fingerprint density at radius 3 is 2.12 bits per heavy atom. The molecule has 3 nitrogen and oxygen atoms in total. The highest BCUT2D eigenvalue weighted by Crippen LogP contribution is 2.73. The van der Waals surface area contributed by atoms with Crippen LogP contribution in [-0.2, 0) is 9.84 Å². The van der Waals surface area contributed by atoms with Crippen molar-refractivity contribution in [2.75, 3.05) is 0 Å². The van der Waals surface area contributed by atoms with Crippen molar-refractivity contribution in [3.63, 3.8) is 0 Å². The molecular weight excluding hydrogens is 339 g/mol. The average molecular weight is 358 g/mol. The fraction of sp³-hybridized carbons (Fsp3) is 0.350. The van der Waals surface area contributed by atoms with Crippen LogP contribution in [0.3, 0.4) is 0 Å². The fourth-order valence-corrected chi connectivity index (χ4v) is 6.90. The number of rotatable bonds is 5. The van der Waals surface area contributed by atoms with Gasteiger partial charge in [-0.15, -0.1) is 0 Å². The first-order chi connectivity index (χ1) is 11.8. The van der Waals surface area contributed by atoms with Gasteiger partial charge in [0, 0.05) is 12.0 Å². The predicted octanol–water partition coefficient (Wildman–Crippen LogP) is 4.10. The average Bonchev–Trinajstić information content (AvgIpc) is 2.50. The third-order valence-electron chi connectivity index (χ3n) is 5.69. The molecule has 0 N–H and O–H groups in total. The molecular formula is C20H19FO3S. The number of carbonyl (C=O) groups is 1. The molecule has 0 radical (unpaired) electrons. The van der Waals surface area contributed by atoms with E-state index in [1.807, 2.05) is 19.1 Å². The summed E-state index contributed by atoms with van der Waals surface area (Å²) in [6.07, 6.45) is 1.97. The molecule has 0 atom stereocenters. The SMILES string of the molecule is Cc1ccc(S(=O)(=O)C23CC(CC(=O)c4ccc(F)cc4)(C2)C3)cc1. The van der Waals surface area contributed by atoms with Crippen molar-refractivity contribution in [3.05, 3.63) is 65.5 Å². The van der Waals surface area contributed by atoms with E-state index in [1.165, 1.54) is 24.3 Å². The fourth-order valence-electron chi connectivity index (χ4n) is 4.41. The zero-order valence-corrected chi connectivity index (χ0v) is 14.8. The van der Waals surface area contributed by atoms with E-state index >= 15 is 0 Å². The maximum atomic E-state index is 13.0. The van der Waals surface area contributed by atoms with E-state index in [0.29, 0.717) is 36.1 Å². The van der Waals surface area contributed by atoms with Crippen LogP contribution in [0.25, 0.3) is 0 Å². The number of benzene rings is 2. The van der Waals surface area contributed by atoms with Gasteiger partial charge in [0.05, 0.1) is 9.64 Å². The van der Waals surface area contributed by atoms with Gasteiger partial charge in [-0.2, -0.15) is 0 Å². The molecule has 3 saturated carbocycles. The molecule has 5 rings (SSSR count). The zero-order valence-electron chi connectivity index (χ0n) is 14.0. The van der Waals surface area contributed by atoms with Crippen molar-refractivity contribution < 1.29 is 17.6 Å². The Hall–Kier alpha value is -2.01. The topological polar surface area (TPSA) is 51.2 Å². The molecule has 2 aromatic rings. The van der Waals surface area contributed by atoms with Crippen LogP contribution in [-0.4, -0.2) is 18.9 Å². The minimum Gasteiger partial charge on any atom is -0.294 e. The third kappa shape index (κ3) is 2.44. The van der Waals surface area contributed by atoms with Gasteiger partial charge in [0.15, 0.2) is 15.6 Å². The van der Waals surface area contributed by atoms with Gasteiger partial charge in [0.1, 0.15) is 5.82 Å². The Morgan fingerprint density at radius 1 is 1.00 bits per heavy atom. The number of aryl methyl sites for hydroxylation is 1. The second-order valence-corrected chi connectivity index (χ2v) is 9.98. The van der Waals surface area contributed by atoms with E-state index in [9.17, 15) is 17.6 Å². The van der Waals surface area contributed by atoms with Gasteiger partial charge in [-0.05, 0) is 68.0 Å². The van der Waals surface area contributed by atoms with E-state index in [2.05, 4.69) is 0 Å². The lowest BCUT2D eigenvalue weighted by Gasteiger charge is -2.69. The molecule has 130 valence electrons. The van der Waals surface area contributed by atoms with Crippen LogP contribution in [0.1, 0.15) is 41.6 Å². The predicted molar refractivity (Wildman–Crippen MR) is 92.7 cm³/mol. The Bertz CT molecular complexity index is 924. The summed E-state index contributed by atoms with van der Waals surface area (Å²) in [5, 5.41) is 0. The van der Waals surface area contributed by atoms with Crippen molar-refractivity contribution in [1.82, 2.24) is 0 Å². The van der Waals surface area contributed by atoms with Crippen molar-refractivity contribution in [2.45, 2.75) is 42.2 Å². The van der Waals surface area contributed by atoms with E-state index in [-0.39, 0.29) is 17.0 Å². The highest BCUT2D eigenvalue weighted by atomic mass is 32.2. The molecule has 0 saturated heterocycles. The van der Waals surface area contributed by atoms with Crippen LogP contribution in [0.15, 0.2) is 53.4 Å². The minimum atomic E-state index is -3.36. The molecule has 0 heterocycles. The van der Waals surface area contributed by atoms with Crippen molar-refractivity contribution >= 4 is 15.6 Å². The Labute approximate surface area is 146 Å². The van der Waals surface area contributed by atoms with Gasteiger partial charge in [0.25, 0.3) is 0 Å². The molecule has 2 bridgehead atoms. The standard InChI is InChI=1S/C20H19FO3S/c1-14-2-8-17(9-3-14)25(23,24)20-11-19(12-20,13-20)10-18(22)15-4-6-16(21)7-5-15/h2-9H,10-13H2,1H3. The number of sulfone groups is 1. The second kappa shape index (κ2) is 5.24. The van der Waals surface area contributed by atoms with Crippen molar-refractivity contribution in [2.24, 2.45) is 5.41 Å². The van der Waals surface area contributed by atoms with Gasteiger partial charge >= 0.3 is 0 Å². The molecule has 3 aliphatic rings. The summed E-state index contributed by atoms with van der Waals surface area (Å²) in [7, 11) is -3.36. The van der Waals surface area contributed by atoms with Gasteiger partial charge in [0.2, 0.25) is 0 Å². The molecule has 0 aliphatic heterocycles. The summed E-state index contributed by atoms with van der Waals surface area (Å²) in [6, 6.07) is 12.5. The van der Waals surface area contributed by atoms with E-state index in [0.717, 1.165) is 5.56 Å². The second-order valence-electron chi connectivity index (χ2n) is 7.64. The number of halogens is 1. The van der Waals surface area contributed by atoms with Crippen LogP contribution in [0, 0.1) is 18.2 Å². The maximum Gasteiger partial charge on any atom is 0.184 e. The highest BCUT2D eigenvalue weighted by Gasteiger charge is 2.74. The summed E-state index contributed by atoms with van der Waals surface area (Å²) in [5.41, 5.74) is 1.32. The van der Waals surface area contributed by atoms with Crippen LogP contribution >= 0.6 is 0 Å². The molecule has 25 heavy (non-hydrogen) atoms. The number of Topliss-reactive ketones (excluding diaryl/α,β-unsaturated/α-hetero) is 1. The lowest BCUT2D eigenvalue weighted by molar-refractivity contribution is -0.0791. The van der Waals surface area contributed by atoms with Crippen LogP contribution in [0.4, 0.5) is 4.39 Å². The van der Waals surface area contributed by atoms with Crippen LogP contribution in [0.5, 0.6) is 0 Å². The molecule has 3 fully saturated rings. The summed E-state index contributed by atoms with van der Waals surface area (Å²) in [4.78, 5) is 12.8. The first-order valence-electron chi connectivity index (χ1n) is 8.36. The molecule has 0 spiro atoms. The first-order valence-corrected chi connectivity index (χ1v) is 9.84. The van der Waals surface area contributed by atoms with E-state index in [1.54, 1.807) is 12.1 Å². The molecule has 0 aromatic heterocycles. The monoisotopic (exact) mass is 358 g/mol. The molecule has 3 aliphatic carbocycles. The van der Waals surface area contributed by atoms with Gasteiger partial charge in [-0.3, -0.25) is 4.79 Å². The Morgan fingerprint density at radius 2 is 1.56 bits per heavy atom. The maximum absolute atomic E-state index is 13.0. The molecule has 5 heteroatoms. The Balaban J connectivity index is 1.46. The Kier molecular flexibility index (Phi) is 3.45. The normalized spacial score (nSPS) is 27.3. The molecule has 2 aromatic carbocycles. The lowest BCUT2D eigenvalue weighted by atomic mass is 9.42. The van der Waals surface area contributed by atoms with Crippen LogP contribution in [0.2, 0.25) is 0 Å². The van der Waals surface area contributed by atoms with E-state index < -0.39 is 14.6 Å². The quantitative estimate of drug-likeness (QED) is 0.756. The smallest absolute Gasteiger partial charge is 0.184 e. The summed E-state index contributed by atoms with van der Waals surface area (Å²) >= 11 is 0. The minimum absolute atomic E-state index is 0.0407. The zero-order chi connectivity index (χ0) is 17.9.